The second kappa shape index (κ2) is 7.54. The highest BCUT2D eigenvalue weighted by molar-refractivity contribution is 7.92. The summed E-state index contributed by atoms with van der Waals surface area (Å²) in [7, 11) is -3.46. The van der Waals surface area contributed by atoms with Crippen LogP contribution in [0.3, 0.4) is 0 Å². The van der Waals surface area contributed by atoms with Crippen LogP contribution in [0.15, 0.2) is 46.2 Å². The van der Waals surface area contributed by atoms with Gasteiger partial charge in [0.15, 0.2) is 15.7 Å². The molecule has 2 aromatic heterocycles. The molecule has 1 saturated carbocycles. The fraction of sp³-hybridized carbons (Fsp3) is 0.409. The second-order valence-electron chi connectivity index (χ2n) is 8.86. The zero-order valence-electron chi connectivity index (χ0n) is 17.7. The normalized spacial score (nSPS) is 19.4. The average molecular weight is 440 g/mol. The molecule has 8 nitrogen and oxygen atoms in total. The quantitative estimate of drug-likeness (QED) is 0.636. The minimum atomic E-state index is -3.46. The van der Waals surface area contributed by atoms with Crippen molar-refractivity contribution in [1.82, 2.24) is 14.8 Å². The highest BCUT2D eigenvalue weighted by Crippen LogP contribution is 2.38. The van der Waals surface area contributed by atoms with Crippen molar-refractivity contribution in [3.63, 3.8) is 0 Å². The molecule has 0 amide bonds. The van der Waals surface area contributed by atoms with E-state index in [4.69, 9.17) is 0 Å². The number of rotatable bonds is 4. The zero-order valence-corrected chi connectivity index (χ0v) is 18.5. The fourth-order valence-electron chi connectivity index (χ4n) is 4.03. The topological polar surface area (TPSA) is 121 Å². The number of fused-ring (bicyclic) bond motifs is 1. The molecule has 1 unspecified atom stereocenters. The van der Waals surface area contributed by atoms with Crippen LogP contribution in [0.1, 0.15) is 46.1 Å². The van der Waals surface area contributed by atoms with Crippen molar-refractivity contribution in [3.05, 3.63) is 46.9 Å². The van der Waals surface area contributed by atoms with Crippen molar-refractivity contribution >= 4 is 32.2 Å². The first-order valence-corrected chi connectivity index (χ1v) is 11.7. The number of aromatic amines is 1. The van der Waals surface area contributed by atoms with Crippen LogP contribution in [0, 0.1) is 17.2 Å². The molecule has 1 aliphatic rings. The number of sulfone groups is 1. The summed E-state index contributed by atoms with van der Waals surface area (Å²) in [5.41, 5.74) is 1.01. The van der Waals surface area contributed by atoms with E-state index in [1.54, 1.807) is 62.0 Å². The van der Waals surface area contributed by atoms with Crippen LogP contribution in [-0.2, 0) is 9.84 Å². The van der Waals surface area contributed by atoms with Gasteiger partial charge in [0.1, 0.15) is 5.39 Å². The van der Waals surface area contributed by atoms with Gasteiger partial charge in [-0.1, -0.05) is 0 Å². The highest BCUT2D eigenvalue weighted by Gasteiger charge is 2.32. The predicted molar refractivity (Wildman–Crippen MR) is 119 cm³/mol. The van der Waals surface area contributed by atoms with Crippen LogP contribution >= 0.6 is 0 Å². The van der Waals surface area contributed by atoms with Crippen molar-refractivity contribution in [1.29, 1.82) is 5.26 Å². The molecule has 2 N–H and O–H groups in total. The molecule has 1 fully saturated rings. The van der Waals surface area contributed by atoms with Gasteiger partial charge in [0.05, 0.1) is 33.2 Å². The SMILES string of the molecule is CC(C)(C)S(=O)(=O)c1ccc(Nc2nn([C@H]3CCCC3C#N)c3cc[nH]c(=O)c23)cc1. The summed E-state index contributed by atoms with van der Waals surface area (Å²) in [5.74, 6) is 0.240. The van der Waals surface area contributed by atoms with E-state index < -0.39 is 14.6 Å². The molecule has 4 rings (SSSR count). The van der Waals surface area contributed by atoms with Gasteiger partial charge in [-0.05, 0) is 70.4 Å². The molecule has 0 saturated heterocycles. The maximum Gasteiger partial charge on any atom is 0.261 e. The van der Waals surface area contributed by atoms with Crippen molar-refractivity contribution < 1.29 is 8.42 Å². The van der Waals surface area contributed by atoms with Crippen molar-refractivity contribution in [2.45, 2.75) is 55.7 Å². The first-order chi connectivity index (χ1) is 14.6. The van der Waals surface area contributed by atoms with Crippen LogP contribution in [-0.4, -0.2) is 27.9 Å². The van der Waals surface area contributed by atoms with E-state index in [1.807, 2.05) is 0 Å². The molecule has 162 valence electrons. The standard InChI is InChI=1S/C22H25N5O3S/c1-22(2,3)31(29,30)16-9-7-15(8-10-16)25-20-19-18(11-12-24-21(19)28)27(26-20)17-6-4-5-14(17)13-23/h7-12,14,17H,4-6H2,1-3H3,(H,24,28)(H,25,26)/t14?,17-/m0/s1. The average Bonchev–Trinajstić information content (AvgIpc) is 3.32. The molecule has 0 aliphatic heterocycles. The Bertz CT molecular complexity index is 1320. The van der Waals surface area contributed by atoms with Crippen LogP contribution in [0.4, 0.5) is 11.5 Å². The number of H-pyrrole nitrogens is 1. The molecule has 2 atom stereocenters. The lowest BCUT2D eigenvalue weighted by Gasteiger charge is -2.19. The van der Waals surface area contributed by atoms with Crippen molar-refractivity contribution in [2.24, 2.45) is 5.92 Å². The zero-order chi connectivity index (χ0) is 22.4. The van der Waals surface area contributed by atoms with Gasteiger partial charge in [-0.3, -0.25) is 9.48 Å². The van der Waals surface area contributed by atoms with Crippen LogP contribution < -0.4 is 10.9 Å². The molecule has 31 heavy (non-hydrogen) atoms. The van der Waals surface area contributed by atoms with Gasteiger partial charge in [-0.2, -0.15) is 10.4 Å². The Kier molecular flexibility index (Phi) is 5.13. The van der Waals surface area contributed by atoms with E-state index in [1.165, 1.54) is 0 Å². The van der Waals surface area contributed by atoms with E-state index in [9.17, 15) is 18.5 Å². The number of nitriles is 1. The molecule has 0 radical (unpaired) electrons. The monoisotopic (exact) mass is 439 g/mol. The van der Waals surface area contributed by atoms with Gasteiger partial charge in [0.2, 0.25) is 0 Å². The van der Waals surface area contributed by atoms with Crippen molar-refractivity contribution in [3.8, 4) is 6.07 Å². The largest absolute Gasteiger partial charge is 0.338 e. The van der Waals surface area contributed by atoms with Crippen molar-refractivity contribution in [2.75, 3.05) is 5.32 Å². The van der Waals surface area contributed by atoms with E-state index in [0.717, 1.165) is 19.3 Å². The Balaban J connectivity index is 1.73. The number of aromatic nitrogens is 3. The number of nitrogens with zero attached hydrogens (tertiary/aromatic N) is 3. The number of hydrogen-bond acceptors (Lipinski definition) is 6. The lowest BCUT2D eigenvalue weighted by atomic mass is 10.1. The first-order valence-electron chi connectivity index (χ1n) is 10.2. The molecule has 1 aliphatic carbocycles. The van der Waals surface area contributed by atoms with Gasteiger partial charge in [0, 0.05) is 11.9 Å². The smallest absolute Gasteiger partial charge is 0.261 e. The van der Waals surface area contributed by atoms with Gasteiger partial charge in [-0.25, -0.2) is 8.42 Å². The maximum absolute atomic E-state index is 12.6. The summed E-state index contributed by atoms with van der Waals surface area (Å²) in [4.78, 5) is 15.5. The summed E-state index contributed by atoms with van der Waals surface area (Å²) < 4.78 is 26.2. The number of nitrogens with one attached hydrogen (secondary N) is 2. The molecule has 3 aromatic rings. The third-order valence-electron chi connectivity index (χ3n) is 5.82. The minimum absolute atomic E-state index is 0.0795. The molecular weight excluding hydrogens is 414 g/mol. The third-order valence-corrected chi connectivity index (χ3v) is 8.33. The Morgan fingerprint density at radius 3 is 2.55 bits per heavy atom. The summed E-state index contributed by atoms with van der Waals surface area (Å²) in [6, 6.07) is 10.5. The molecule has 0 bridgehead atoms. The van der Waals surface area contributed by atoms with Gasteiger partial charge in [-0.15, -0.1) is 0 Å². The lowest BCUT2D eigenvalue weighted by molar-refractivity contribution is 0.423. The number of hydrogen-bond donors (Lipinski definition) is 2. The van der Waals surface area contributed by atoms with Gasteiger partial charge >= 0.3 is 0 Å². The Morgan fingerprint density at radius 1 is 1.19 bits per heavy atom. The highest BCUT2D eigenvalue weighted by atomic mass is 32.2. The lowest BCUT2D eigenvalue weighted by Crippen LogP contribution is -2.27. The van der Waals surface area contributed by atoms with Crippen LogP contribution in [0.2, 0.25) is 0 Å². The van der Waals surface area contributed by atoms with Gasteiger partial charge in [0.25, 0.3) is 5.56 Å². The van der Waals surface area contributed by atoms with Crippen LogP contribution in [0.25, 0.3) is 10.9 Å². The van der Waals surface area contributed by atoms with E-state index >= 15 is 0 Å². The number of pyridine rings is 1. The van der Waals surface area contributed by atoms with Gasteiger partial charge < -0.3 is 10.3 Å². The molecule has 9 heteroatoms. The Morgan fingerprint density at radius 2 is 1.90 bits per heavy atom. The van der Waals surface area contributed by atoms with E-state index in [0.29, 0.717) is 22.4 Å². The number of benzene rings is 1. The minimum Gasteiger partial charge on any atom is -0.338 e. The third kappa shape index (κ3) is 3.61. The summed E-state index contributed by atoms with van der Waals surface area (Å²) in [5, 5.41) is 17.7. The molecular formula is C22H25N5O3S. The van der Waals surface area contributed by atoms with Crippen LogP contribution in [0.5, 0.6) is 0 Å². The molecule has 1 aromatic carbocycles. The molecule has 0 spiro atoms. The predicted octanol–water partition coefficient (Wildman–Crippen LogP) is 3.91. The summed E-state index contributed by atoms with van der Waals surface area (Å²) in [6.45, 7) is 4.99. The summed E-state index contributed by atoms with van der Waals surface area (Å²) >= 11 is 0. The first kappa shape index (κ1) is 21.1. The van der Waals surface area contributed by atoms with E-state index in [-0.39, 0.29) is 22.4 Å². The summed E-state index contributed by atoms with van der Waals surface area (Å²) in [6.07, 6.45) is 4.17. The fourth-order valence-corrected chi connectivity index (χ4v) is 5.23. The maximum atomic E-state index is 12.6. The number of anilines is 2. The Hall–Kier alpha value is -3.12. The second-order valence-corrected chi connectivity index (χ2v) is 11.6. The molecule has 2 heterocycles. The van der Waals surface area contributed by atoms with E-state index in [2.05, 4.69) is 21.5 Å². The Labute approximate surface area is 180 Å².